The molecule has 78 valence electrons. The lowest BCUT2D eigenvalue weighted by atomic mass is 10.3. The second-order valence-electron chi connectivity index (χ2n) is 4.18. The summed E-state index contributed by atoms with van der Waals surface area (Å²) in [5.41, 5.74) is 0. The molecule has 0 aromatic rings. The molecule has 0 aromatic heterocycles. The van der Waals surface area contributed by atoms with Crippen LogP contribution in [-0.4, -0.2) is 33.0 Å². The lowest BCUT2D eigenvalue weighted by molar-refractivity contribution is 0.538. The van der Waals surface area contributed by atoms with E-state index in [4.69, 9.17) is 0 Å². The number of hydrogen-bond acceptors (Lipinski definition) is 3. The fraction of sp³-hybridized carbons (Fsp3) is 1.00. The molecule has 0 saturated heterocycles. The van der Waals surface area contributed by atoms with Crippen LogP contribution in [-0.2, 0) is 9.84 Å². The fourth-order valence-electron chi connectivity index (χ4n) is 1.45. The maximum atomic E-state index is 10.9. The Balaban J connectivity index is 2.05. The van der Waals surface area contributed by atoms with Gasteiger partial charge in [0.2, 0.25) is 0 Å². The molecule has 1 saturated carbocycles. The molecule has 1 unspecified atom stereocenters. The third kappa shape index (κ3) is 6.05. The van der Waals surface area contributed by atoms with Crippen LogP contribution in [0.15, 0.2) is 0 Å². The average Bonchev–Trinajstić information content (AvgIpc) is 2.66. The van der Waals surface area contributed by atoms with Crippen molar-refractivity contribution in [3.8, 4) is 0 Å². The van der Waals surface area contributed by atoms with Crippen molar-refractivity contribution < 1.29 is 8.42 Å². The molecule has 1 rings (SSSR count). The molecule has 3 nitrogen and oxygen atoms in total. The van der Waals surface area contributed by atoms with Gasteiger partial charge in [0.15, 0.2) is 0 Å². The van der Waals surface area contributed by atoms with Crippen LogP contribution in [0.2, 0.25) is 0 Å². The third-order valence-corrected chi connectivity index (χ3v) is 3.40. The molecule has 0 amide bonds. The van der Waals surface area contributed by atoms with Crippen molar-refractivity contribution in [2.45, 2.75) is 32.2 Å². The Morgan fingerprint density at radius 1 is 1.46 bits per heavy atom. The molecule has 1 atom stereocenters. The van der Waals surface area contributed by atoms with Crippen molar-refractivity contribution in [2.75, 3.05) is 18.6 Å². The molecule has 0 bridgehead atoms. The molecule has 0 aromatic carbocycles. The van der Waals surface area contributed by atoms with Gasteiger partial charge in [-0.3, -0.25) is 0 Å². The zero-order valence-corrected chi connectivity index (χ0v) is 9.23. The van der Waals surface area contributed by atoms with Crippen LogP contribution in [0.25, 0.3) is 0 Å². The summed E-state index contributed by atoms with van der Waals surface area (Å²) in [4.78, 5) is 0. The normalized spacial score (nSPS) is 20.2. The molecule has 0 heterocycles. The molecular weight excluding hydrogens is 186 g/mol. The Bertz CT molecular complexity index is 244. The summed E-state index contributed by atoms with van der Waals surface area (Å²) < 4.78 is 21.8. The molecular formula is C9H19NO2S. The molecule has 0 aliphatic heterocycles. The molecule has 1 aliphatic carbocycles. The second kappa shape index (κ2) is 4.42. The summed E-state index contributed by atoms with van der Waals surface area (Å²) in [5, 5.41) is 3.23. The van der Waals surface area contributed by atoms with Crippen molar-refractivity contribution in [1.82, 2.24) is 5.32 Å². The van der Waals surface area contributed by atoms with Gasteiger partial charge in [0, 0.05) is 12.3 Å². The minimum absolute atomic E-state index is 0.0914. The van der Waals surface area contributed by atoms with Crippen molar-refractivity contribution in [1.29, 1.82) is 0 Å². The van der Waals surface area contributed by atoms with Gasteiger partial charge in [-0.05, 0) is 25.8 Å². The molecule has 0 spiro atoms. The highest BCUT2D eigenvalue weighted by Crippen LogP contribution is 2.31. The van der Waals surface area contributed by atoms with Gasteiger partial charge in [-0.2, -0.15) is 0 Å². The van der Waals surface area contributed by atoms with E-state index in [1.807, 2.05) is 6.92 Å². The molecule has 4 heteroatoms. The second-order valence-corrected chi connectivity index (χ2v) is 6.36. The van der Waals surface area contributed by atoms with Crippen molar-refractivity contribution >= 4 is 9.84 Å². The van der Waals surface area contributed by atoms with E-state index < -0.39 is 9.84 Å². The summed E-state index contributed by atoms with van der Waals surface area (Å²) in [5.74, 6) is 1.16. The summed E-state index contributed by atoms with van der Waals surface area (Å²) in [6.45, 7) is 2.88. The number of nitrogens with one attached hydrogen (secondary N) is 1. The third-order valence-electron chi connectivity index (χ3n) is 2.30. The first-order valence-corrected chi connectivity index (χ1v) is 6.94. The Morgan fingerprint density at radius 2 is 2.08 bits per heavy atom. The lowest BCUT2D eigenvalue weighted by Gasteiger charge is -2.11. The van der Waals surface area contributed by atoms with E-state index in [-0.39, 0.29) is 11.8 Å². The maximum absolute atomic E-state index is 10.9. The van der Waals surface area contributed by atoms with E-state index in [1.165, 1.54) is 25.5 Å². The average molecular weight is 205 g/mol. The monoisotopic (exact) mass is 205 g/mol. The molecule has 1 fully saturated rings. The first kappa shape index (κ1) is 11.0. The van der Waals surface area contributed by atoms with Crippen LogP contribution in [0.5, 0.6) is 0 Å². The molecule has 0 radical (unpaired) electrons. The number of hydrogen-bond donors (Lipinski definition) is 1. The smallest absolute Gasteiger partial charge is 0.148 e. The van der Waals surface area contributed by atoms with Gasteiger partial charge in [-0.15, -0.1) is 0 Å². The van der Waals surface area contributed by atoms with E-state index in [1.54, 1.807) is 0 Å². The van der Waals surface area contributed by atoms with Gasteiger partial charge >= 0.3 is 0 Å². The predicted octanol–water partition coefficient (Wildman–Crippen LogP) is 0.809. The highest BCUT2D eigenvalue weighted by atomic mass is 32.2. The quantitative estimate of drug-likeness (QED) is 0.698. The van der Waals surface area contributed by atoms with Gasteiger partial charge in [0.05, 0.1) is 5.75 Å². The van der Waals surface area contributed by atoms with Crippen molar-refractivity contribution in [3.05, 3.63) is 0 Å². The van der Waals surface area contributed by atoms with Crippen LogP contribution in [0, 0.1) is 5.92 Å². The summed E-state index contributed by atoms with van der Waals surface area (Å²) in [7, 11) is -2.82. The number of rotatable bonds is 6. The van der Waals surface area contributed by atoms with Crippen LogP contribution in [0.1, 0.15) is 26.2 Å². The van der Waals surface area contributed by atoms with Gasteiger partial charge in [0.1, 0.15) is 9.84 Å². The van der Waals surface area contributed by atoms with E-state index in [2.05, 4.69) is 5.32 Å². The fourth-order valence-corrected chi connectivity index (χ4v) is 2.48. The van der Waals surface area contributed by atoms with E-state index >= 15 is 0 Å². The first-order chi connectivity index (χ1) is 5.97. The van der Waals surface area contributed by atoms with Crippen LogP contribution in [0.4, 0.5) is 0 Å². The molecule has 1 N–H and O–H groups in total. The Kier molecular flexibility index (Phi) is 3.74. The summed E-state index contributed by atoms with van der Waals surface area (Å²) in [6.07, 6.45) is 5.21. The molecule has 13 heavy (non-hydrogen) atoms. The Labute approximate surface area is 80.8 Å². The lowest BCUT2D eigenvalue weighted by Crippen LogP contribution is -2.33. The van der Waals surface area contributed by atoms with E-state index in [0.29, 0.717) is 0 Å². The standard InChI is InChI=1S/C9H19NO2S/c1-8(7-13(2,11)12)10-6-5-9-3-4-9/h8-10H,3-7H2,1-2H3. The van der Waals surface area contributed by atoms with Gasteiger partial charge in [-0.25, -0.2) is 8.42 Å². The zero-order valence-electron chi connectivity index (χ0n) is 8.41. The topological polar surface area (TPSA) is 46.2 Å². The van der Waals surface area contributed by atoms with Crippen LogP contribution < -0.4 is 5.32 Å². The highest BCUT2D eigenvalue weighted by molar-refractivity contribution is 7.90. The van der Waals surface area contributed by atoms with Gasteiger partial charge in [0.25, 0.3) is 0 Å². The SMILES string of the molecule is CC(CS(C)(=O)=O)NCCC1CC1. The maximum Gasteiger partial charge on any atom is 0.148 e. The van der Waals surface area contributed by atoms with E-state index in [0.717, 1.165) is 12.5 Å². The predicted molar refractivity (Wildman–Crippen MR) is 54.5 cm³/mol. The highest BCUT2D eigenvalue weighted by Gasteiger charge is 2.20. The summed E-state index contributed by atoms with van der Waals surface area (Å²) >= 11 is 0. The van der Waals surface area contributed by atoms with E-state index in [9.17, 15) is 8.42 Å². The Hall–Kier alpha value is -0.0900. The molecule has 1 aliphatic rings. The summed E-state index contributed by atoms with van der Waals surface area (Å²) in [6, 6.07) is 0.0914. The van der Waals surface area contributed by atoms with Crippen LogP contribution in [0.3, 0.4) is 0 Å². The Morgan fingerprint density at radius 3 is 2.54 bits per heavy atom. The first-order valence-electron chi connectivity index (χ1n) is 4.88. The van der Waals surface area contributed by atoms with Gasteiger partial charge < -0.3 is 5.32 Å². The largest absolute Gasteiger partial charge is 0.313 e. The number of sulfone groups is 1. The van der Waals surface area contributed by atoms with Crippen molar-refractivity contribution in [2.24, 2.45) is 5.92 Å². The zero-order chi connectivity index (χ0) is 9.90. The minimum atomic E-state index is -2.82. The van der Waals surface area contributed by atoms with Gasteiger partial charge in [-0.1, -0.05) is 12.8 Å². The minimum Gasteiger partial charge on any atom is -0.313 e. The van der Waals surface area contributed by atoms with Crippen molar-refractivity contribution in [3.63, 3.8) is 0 Å². The van der Waals surface area contributed by atoms with Crippen LogP contribution >= 0.6 is 0 Å².